The van der Waals surface area contributed by atoms with Gasteiger partial charge in [0, 0.05) is 6.04 Å². The molecule has 1 fully saturated rings. The third-order valence-electron chi connectivity index (χ3n) is 3.74. The van der Waals surface area contributed by atoms with Gasteiger partial charge in [0.2, 0.25) is 0 Å². The van der Waals surface area contributed by atoms with Gasteiger partial charge in [-0.1, -0.05) is 19.1 Å². The molecular weight excluding hydrogens is 241 g/mol. The summed E-state index contributed by atoms with van der Waals surface area (Å²) in [6.07, 6.45) is 4.91. The molecule has 3 heteroatoms. The summed E-state index contributed by atoms with van der Waals surface area (Å²) >= 11 is 0. The molecule has 1 aromatic rings. The topological polar surface area (TPSA) is 21.3 Å². The van der Waals surface area contributed by atoms with E-state index in [1.54, 1.807) is 0 Å². The molecule has 0 saturated carbocycles. The molecular formula is C16H24FNO. The molecule has 3 atom stereocenters. The summed E-state index contributed by atoms with van der Waals surface area (Å²) in [5, 5.41) is 3.58. The summed E-state index contributed by atoms with van der Waals surface area (Å²) in [7, 11) is 0. The minimum Gasteiger partial charge on any atom is -0.374 e. The molecule has 0 amide bonds. The lowest BCUT2D eigenvalue weighted by Gasteiger charge is -2.25. The van der Waals surface area contributed by atoms with Crippen LogP contribution < -0.4 is 5.32 Å². The van der Waals surface area contributed by atoms with Crippen molar-refractivity contribution in [2.45, 2.75) is 57.8 Å². The molecule has 106 valence electrons. The quantitative estimate of drug-likeness (QED) is 0.852. The first-order valence-electron chi connectivity index (χ1n) is 7.32. The number of nitrogens with one attached hydrogen (secondary N) is 1. The van der Waals surface area contributed by atoms with Crippen LogP contribution in [0.4, 0.5) is 4.39 Å². The van der Waals surface area contributed by atoms with Gasteiger partial charge in [-0.2, -0.15) is 0 Å². The highest BCUT2D eigenvalue weighted by Gasteiger charge is 2.29. The molecule has 1 N–H and O–H groups in total. The van der Waals surface area contributed by atoms with Crippen LogP contribution in [-0.2, 0) is 11.2 Å². The summed E-state index contributed by atoms with van der Waals surface area (Å²) in [4.78, 5) is 0. The SMILES string of the molecule is CCCNC(Cc1ccc(F)cc1)C1CCC(C)O1. The molecule has 0 aliphatic carbocycles. The fourth-order valence-corrected chi connectivity index (χ4v) is 2.67. The van der Waals surface area contributed by atoms with Crippen molar-refractivity contribution in [2.24, 2.45) is 0 Å². The van der Waals surface area contributed by atoms with Crippen molar-refractivity contribution < 1.29 is 9.13 Å². The number of ether oxygens (including phenoxy) is 1. The van der Waals surface area contributed by atoms with Crippen molar-refractivity contribution in [1.29, 1.82) is 0 Å². The van der Waals surface area contributed by atoms with Crippen LogP contribution in [0.1, 0.15) is 38.7 Å². The minimum absolute atomic E-state index is 0.174. The van der Waals surface area contributed by atoms with Crippen LogP contribution >= 0.6 is 0 Å². The molecule has 0 aromatic heterocycles. The molecule has 3 unspecified atom stereocenters. The molecule has 0 spiro atoms. The van der Waals surface area contributed by atoms with Crippen molar-refractivity contribution in [3.8, 4) is 0 Å². The largest absolute Gasteiger partial charge is 0.374 e. The Labute approximate surface area is 115 Å². The normalized spacial score (nSPS) is 24.6. The molecule has 0 bridgehead atoms. The van der Waals surface area contributed by atoms with E-state index in [4.69, 9.17) is 4.74 Å². The van der Waals surface area contributed by atoms with E-state index < -0.39 is 0 Å². The second-order valence-corrected chi connectivity index (χ2v) is 5.45. The summed E-state index contributed by atoms with van der Waals surface area (Å²) < 4.78 is 18.9. The predicted octanol–water partition coefficient (Wildman–Crippen LogP) is 3.30. The van der Waals surface area contributed by atoms with Crippen molar-refractivity contribution in [2.75, 3.05) is 6.54 Å². The van der Waals surface area contributed by atoms with Crippen molar-refractivity contribution in [3.63, 3.8) is 0 Å². The van der Waals surface area contributed by atoms with Crippen molar-refractivity contribution in [1.82, 2.24) is 5.32 Å². The smallest absolute Gasteiger partial charge is 0.123 e. The molecule has 19 heavy (non-hydrogen) atoms. The van der Waals surface area contributed by atoms with Gasteiger partial charge in [0.05, 0.1) is 12.2 Å². The molecule has 1 aliphatic heterocycles. The third kappa shape index (κ3) is 4.29. The lowest BCUT2D eigenvalue weighted by atomic mass is 9.99. The van der Waals surface area contributed by atoms with Gasteiger partial charge in [-0.3, -0.25) is 0 Å². The van der Waals surface area contributed by atoms with Crippen LogP contribution in [0.5, 0.6) is 0 Å². The van der Waals surface area contributed by atoms with Crippen LogP contribution in [0.15, 0.2) is 24.3 Å². The Hall–Kier alpha value is -0.930. The van der Waals surface area contributed by atoms with Crippen LogP contribution in [0.25, 0.3) is 0 Å². The maximum Gasteiger partial charge on any atom is 0.123 e. The number of hydrogen-bond donors (Lipinski definition) is 1. The van der Waals surface area contributed by atoms with Crippen LogP contribution in [0.3, 0.4) is 0 Å². The molecule has 0 radical (unpaired) electrons. The Kier molecular flexibility index (Phi) is 5.34. The maximum absolute atomic E-state index is 12.9. The summed E-state index contributed by atoms with van der Waals surface area (Å²) in [6, 6.07) is 7.13. The van der Waals surface area contributed by atoms with E-state index in [0.29, 0.717) is 12.1 Å². The lowest BCUT2D eigenvalue weighted by Crippen LogP contribution is -2.42. The highest BCUT2D eigenvalue weighted by atomic mass is 19.1. The highest BCUT2D eigenvalue weighted by molar-refractivity contribution is 5.17. The first-order chi connectivity index (χ1) is 9.19. The fraction of sp³-hybridized carbons (Fsp3) is 0.625. The second kappa shape index (κ2) is 7.01. The molecule has 2 rings (SSSR count). The average Bonchev–Trinajstić information content (AvgIpc) is 2.83. The Morgan fingerprint density at radius 3 is 2.63 bits per heavy atom. The zero-order chi connectivity index (χ0) is 13.7. The van der Waals surface area contributed by atoms with E-state index >= 15 is 0 Å². The average molecular weight is 265 g/mol. The monoisotopic (exact) mass is 265 g/mol. The fourth-order valence-electron chi connectivity index (χ4n) is 2.67. The minimum atomic E-state index is -0.174. The van der Waals surface area contributed by atoms with E-state index in [-0.39, 0.29) is 11.9 Å². The van der Waals surface area contributed by atoms with Gasteiger partial charge in [0.1, 0.15) is 5.82 Å². The molecule has 1 aliphatic rings. The Morgan fingerprint density at radius 1 is 1.32 bits per heavy atom. The summed E-state index contributed by atoms with van der Waals surface area (Å²) in [5.74, 6) is -0.174. The predicted molar refractivity (Wildman–Crippen MR) is 75.8 cm³/mol. The van der Waals surface area contributed by atoms with Gasteiger partial charge in [0.15, 0.2) is 0 Å². The van der Waals surface area contributed by atoms with Crippen molar-refractivity contribution in [3.05, 3.63) is 35.6 Å². The van der Waals surface area contributed by atoms with Gasteiger partial charge >= 0.3 is 0 Å². The highest BCUT2D eigenvalue weighted by Crippen LogP contribution is 2.23. The van der Waals surface area contributed by atoms with E-state index in [1.165, 1.54) is 12.1 Å². The van der Waals surface area contributed by atoms with Crippen LogP contribution in [-0.4, -0.2) is 24.8 Å². The number of halogens is 1. The van der Waals surface area contributed by atoms with Gasteiger partial charge < -0.3 is 10.1 Å². The van der Waals surface area contributed by atoms with Gasteiger partial charge in [-0.25, -0.2) is 4.39 Å². The molecule has 1 heterocycles. The lowest BCUT2D eigenvalue weighted by molar-refractivity contribution is 0.0321. The second-order valence-electron chi connectivity index (χ2n) is 5.45. The van der Waals surface area contributed by atoms with Gasteiger partial charge in [-0.15, -0.1) is 0 Å². The van der Waals surface area contributed by atoms with Crippen LogP contribution in [0, 0.1) is 5.82 Å². The zero-order valence-corrected chi connectivity index (χ0v) is 11.9. The third-order valence-corrected chi connectivity index (χ3v) is 3.74. The van der Waals surface area contributed by atoms with E-state index in [0.717, 1.165) is 37.8 Å². The number of rotatable bonds is 6. The molecule has 2 nitrogen and oxygen atoms in total. The first kappa shape index (κ1) is 14.5. The molecule has 1 saturated heterocycles. The Morgan fingerprint density at radius 2 is 2.05 bits per heavy atom. The molecule has 1 aromatic carbocycles. The van der Waals surface area contributed by atoms with Crippen molar-refractivity contribution >= 4 is 0 Å². The standard InChI is InChI=1S/C16H24FNO/c1-3-10-18-15(16-9-4-12(2)19-16)11-13-5-7-14(17)8-6-13/h5-8,12,15-16,18H,3-4,9-11H2,1-2H3. The van der Waals surface area contributed by atoms with E-state index in [2.05, 4.69) is 19.2 Å². The maximum atomic E-state index is 12.9. The number of hydrogen-bond acceptors (Lipinski definition) is 2. The Bertz CT molecular complexity index is 379. The van der Waals surface area contributed by atoms with E-state index in [9.17, 15) is 4.39 Å². The van der Waals surface area contributed by atoms with E-state index in [1.807, 2.05) is 12.1 Å². The van der Waals surface area contributed by atoms with Gasteiger partial charge in [0.25, 0.3) is 0 Å². The van der Waals surface area contributed by atoms with Gasteiger partial charge in [-0.05, 0) is 56.8 Å². The zero-order valence-electron chi connectivity index (χ0n) is 11.9. The number of benzene rings is 1. The van der Waals surface area contributed by atoms with Crippen LogP contribution in [0.2, 0.25) is 0 Å². The summed E-state index contributed by atoms with van der Waals surface area (Å²) in [6.45, 7) is 5.30. The Balaban J connectivity index is 1.98. The summed E-state index contributed by atoms with van der Waals surface area (Å²) in [5.41, 5.74) is 1.16. The first-order valence-corrected chi connectivity index (χ1v) is 7.32.